The quantitative estimate of drug-likeness (QED) is 0.691. The molecule has 0 bridgehead atoms. The Hall–Kier alpha value is -0.730. The highest BCUT2D eigenvalue weighted by molar-refractivity contribution is 5.68. The van der Waals surface area contributed by atoms with Crippen LogP contribution in [0, 0.1) is 13.5 Å². The van der Waals surface area contributed by atoms with Gasteiger partial charge in [0.2, 0.25) is 0 Å². The van der Waals surface area contributed by atoms with Crippen LogP contribution >= 0.6 is 0 Å². The molecule has 14 heavy (non-hydrogen) atoms. The van der Waals surface area contributed by atoms with Crippen LogP contribution in [0.1, 0.15) is 46.5 Å². The van der Waals surface area contributed by atoms with E-state index in [4.69, 9.17) is 4.74 Å². The standard InChI is InChI=1S/C11H21NO2/c1-5-6-7-8-9-12-10(13)14-11(2,3)4/h9H,1,5-8H2,2-4H3,(H,12,13). The lowest BCUT2D eigenvalue weighted by Gasteiger charge is -2.19. The van der Waals surface area contributed by atoms with Crippen LogP contribution in [0.4, 0.5) is 4.79 Å². The van der Waals surface area contributed by atoms with E-state index in [-0.39, 0.29) is 6.09 Å². The number of alkyl carbamates (subject to hydrolysis) is 1. The zero-order valence-corrected chi connectivity index (χ0v) is 9.43. The molecule has 82 valence electrons. The van der Waals surface area contributed by atoms with E-state index in [1.165, 1.54) is 0 Å². The molecular formula is C11H21NO2. The third kappa shape index (κ3) is 9.36. The van der Waals surface area contributed by atoms with Crippen molar-refractivity contribution in [3.05, 3.63) is 13.5 Å². The first-order valence-corrected chi connectivity index (χ1v) is 5.06. The molecule has 0 saturated heterocycles. The van der Waals surface area contributed by atoms with Gasteiger partial charge in [-0.1, -0.05) is 26.2 Å². The van der Waals surface area contributed by atoms with Gasteiger partial charge in [-0.25, -0.2) is 4.79 Å². The normalized spacial score (nSPS) is 11.1. The molecule has 0 aliphatic heterocycles. The van der Waals surface area contributed by atoms with Gasteiger partial charge < -0.3 is 10.1 Å². The summed E-state index contributed by atoms with van der Waals surface area (Å²) in [5.74, 6) is 0. The zero-order chi connectivity index (χ0) is 11.0. The smallest absolute Gasteiger partial charge is 0.407 e. The third-order valence-corrected chi connectivity index (χ3v) is 1.47. The van der Waals surface area contributed by atoms with E-state index in [2.05, 4.69) is 12.2 Å². The van der Waals surface area contributed by atoms with E-state index in [0.717, 1.165) is 25.7 Å². The van der Waals surface area contributed by atoms with Crippen LogP contribution in [0.15, 0.2) is 0 Å². The highest BCUT2D eigenvalue weighted by atomic mass is 16.6. The SMILES string of the molecule is [CH2]CCCC[CH]NC(=O)OC(C)(C)C. The molecule has 1 N–H and O–H groups in total. The average molecular weight is 199 g/mol. The summed E-state index contributed by atoms with van der Waals surface area (Å²) in [4.78, 5) is 11.1. The van der Waals surface area contributed by atoms with Crippen molar-refractivity contribution in [3.63, 3.8) is 0 Å². The molecule has 0 aromatic rings. The second-order valence-corrected chi connectivity index (χ2v) is 4.20. The molecule has 0 aromatic carbocycles. The van der Waals surface area contributed by atoms with Crippen molar-refractivity contribution in [2.45, 2.75) is 52.1 Å². The van der Waals surface area contributed by atoms with Gasteiger partial charge in [0.1, 0.15) is 5.60 Å². The number of carbonyl (C=O) groups is 1. The Morgan fingerprint density at radius 3 is 2.57 bits per heavy atom. The summed E-state index contributed by atoms with van der Waals surface area (Å²) in [6.07, 6.45) is 3.58. The summed E-state index contributed by atoms with van der Waals surface area (Å²) in [5.41, 5.74) is -0.425. The maximum Gasteiger partial charge on any atom is 0.407 e. The fraction of sp³-hybridized carbons (Fsp3) is 0.727. The van der Waals surface area contributed by atoms with Gasteiger partial charge in [0, 0.05) is 0 Å². The average Bonchev–Trinajstić information content (AvgIpc) is 2.00. The largest absolute Gasteiger partial charge is 0.444 e. The minimum atomic E-state index is -0.425. The van der Waals surface area contributed by atoms with Crippen molar-refractivity contribution in [2.75, 3.05) is 0 Å². The molecule has 0 atom stereocenters. The minimum Gasteiger partial charge on any atom is -0.444 e. The van der Waals surface area contributed by atoms with Crippen molar-refractivity contribution >= 4 is 6.09 Å². The number of amides is 1. The third-order valence-electron chi connectivity index (χ3n) is 1.47. The van der Waals surface area contributed by atoms with Gasteiger partial charge in [0.25, 0.3) is 0 Å². The van der Waals surface area contributed by atoms with E-state index in [1.54, 1.807) is 6.54 Å². The van der Waals surface area contributed by atoms with E-state index in [1.807, 2.05) is 20.8 Å². The van der Waals surface area contributed by atoms with Crippen LogP contribution in [0.25, 0.3) is 0 Å². The molecule has 3 heteroatoms. The lowest BCUT2D eigenvalue weighted by atomic mass is 10.2. The Balaban J connectivity index is 3.36. The fourth-order valence-corrected chi connectivity index (χ4v) is 0.886. The molecule has 2 radical (unpaired) electrons. The first-order chi connectivity index (χ1) is 6.45. The number of hydrogen-bond acceptors (Lipinski definition) is 2. The summed E-state index contributed by atoms with van der Waals surface area (Å²) in [7, 11) is 0. The summed E-state index contributed by atoms with van der Waals surface area (Å²) < 4.78 is 5.05. The number of carbonyl (C=O) groups excluding carboxylic acids is 1. The van der Waals surface area contributed by atoms with Gasteiger partial charge in [-0.15, -0.1) is 0 Å². The van der Waals surface area contributed by atoms with Gasteiger partial charge in [-0.3, -0.25) is 0 Å². The Morgan fingerprint density at radius 1 is 1.43 bits per heavy atom. The first kappa shape index (κ1) is 13.3. The molecular weight excluding hydrogens is 178 g/mol. The van der Waals surface area contributed by atoms with Crippen LogP contribution in [-0.4, -0.2) is 11.7 Å². The van der Waals surface area contributed by atoms with Crippen molar-refractivity contribution in [1.29, 1.82) is 0 Å². The van der Waals surface area contributed by atoms with Crippen LogP contribution in [0.2, 0.25) is 0 Å². The van der Waals surface area contributed by atoms with Crippen molar-refractivity contribution in [3.8, 4) is 0 Å². The lowest BCUT2D eigenvalue weighted by molar-refractivity contribution is 0.0541. The summed E-state index contributed by atoms with van der Waals surface area (Å²) in [6.45, 7) is 11.0. The second-order valence-electron chi connectivity index (χ2n) is 4.20. The van der Waals surface area contributed by atoms with Crippen LogP contribution in [0.5, 0.6) is 0 Å². The van der Waals surface area contributed by atoms with Gasteiger partial charge in [0.05, 0.1) is 6.54 Å². The number of nitrogens with one attached hydrogen (secondary N) is 1. The molecule has 0 saturated carbocycles. The minimum absolute atomic E-state index is 0.382. The molecule has 0 aliphatic rings. The predicted molar refractivity (Wildman–Crippen MR) is 57.5 cm³/mol. The summed E-state index contributed by atoms with van der Waals surface area (Å²) in [5, 5.41) is 2.59. The monoisotopic (exact) mass is 199 g/mol. The van der Waals surface area contributed by atoms with Crippen LogP contribution in [-0.2, 0) is 4.74 Å². The maximum absolute atomic E-state index is 11.1. The topological polar surface area (TPSA) is 38.3 Å². The highest BCUT2D eigenvalue weighted by Crippen LogP contribution is 2.07. The number of rotatable bonds is 5. The number of ether oxygens (including phenoxy) is 1. The van der Waals surface area contributed by atoms with Crippen molar-refractivity contribution in [1.82, 2.24) is 5.32 Å². The molecule has 0 unspecified atom stereocenters. The van der Waals surface area contributed by atoms with Crippen molar-refractivity contribution in [2.24, 2.45) is 0 Å². The Morgan fingerprint density at radius 2 is 2.07 bits per heavy atom. The summed E-state index contributed by atoms with van der Waals surface area (Å²) >= 11 is 0. The van der Waals surface area contributed by atoms with Gasteiger partial charge in [-0.2, -0.15) is 0 Å². The Bertz CT molecular complexity index is 161. The second kappa shape index (κ2) is 6.68. The predicted octanol–water partition coefficient (Wildman–Crippen LogP) is 3.07. The zero-order valence-electron chi connectivity index (χ0n) is 9.43. The molecule has 1 amide bonds. The maximum atomic E-state index is 11.1. The van der Waals surface area contributed by atoms with E-state index >= 15 is 0 Å². The molecule has 0 fully saturated rings. The molecule has 0 aromatic heterocycles. The lowest BCUT2D eigenvalue weighted by Crippen LogP contribution is -2.31. The van der Waals surface area contributed by atoms with Crippen molar-refractivity contribution < 1.29 is 9.53 Å². The molecule has 0 spiro atoms. The Kier molecular flexibility index (Phi) is 6.34. The van der Waals surface area contributed by atoms with Crippen LogP contribution in [0.3, 0.4) is 0 Å². The highest BCUT2D eigenvalue weighted by Gasteiger charge is 2.15. The molecule has 0 aliphatic carbocycles. The van der Waals surface area contributed by atoms with Gasteiger partial charge in [-0.05, 0) is 27.2 Å². The molecule has 3 nitrogen and oxygen atoms in total. The van der Waals surface area contributed by atoms with E-state index < -0.39 is 5.60 Å². The molecule has 0 rings (SSSR count). The van der Waals surface area contributed by atoms with E-state index in [9.17, 15) is 4.79 Å². The summed E-state index contributed by atoms with van der Waals surface area (Å²) in [6, 6.07) is 0. The molecule has 0 heterocycles. The number of hydrogen-bond donors (Lipinski definition) is 1. The fourth-order valence-electron chi connectivity index (χ4n) is 0.886. The van der Waals surface area contributed by atoms with Crippen LogP contribution < -0.4 is 5.32 Å². The number of unbranched alkanes of at least 4 members (excludes halogenated alkanes) is 3. The van der Waals surface area contributed by atoms with Gasteiger partial charge in [0.15, 0.2) is 0 Å². The van der Waals surface area contributed by atoms with Gasteiger partial charge >= 0.3 is 6.09 Å². The Labute approximate surface area is 87.2 Å². The van der Waals surface area contributed by atoms with E-state index in [0.29, 0.717) is 0 Å². The first-order valence-electron chi connectivity index (χ1n) is 5.06.